The number of hydrogen-bond acceptors (Lipinski definition) is 5. The third-order valence-electron chi connectivity index (χ3n) is 7.62. The van der Waals surface area contributed by atoms with Crippen LogP contribution in [0.15, 0.2) is 60.7 Å². The lowest BCUT2D eigenvalue weighted by Crippen LogP contribution is -2.51. The highest BCUT2D eigenvalue weighted by atomic mass is 16.3. The molecule has 4 atom stereocenters. The first-order valence-corrected chi connectivity index (χ1v) is 14.3. The molecule has 0 saturated carbocycles. The number of aliphatic hydroxyl groups excluding tert-OH is 4. The summed E-state index contributed by atoms with van der Waals surface area (Å²) >= 11 is 0. The van der Waals surface area contributed by atoms with Crippen LogP contribution in [0.25, 0.3) is 0 Å². The van der Waals surface area contributed by atoms with Crippen molar-refractivity contribution in [1.82, 2.24) is 9.80 Å². The van der Waals surface area contributed by atoms with Gasteiger partial charge in [-0.15, -0.1) is 0 Å². The lowest BCUT2D eigenvalue weighted by molar-refractivity contribution is -0.0396. The van der Waals surface area contributed by atoms with Crippen LogP contribution in [0.1, 0.15) is 62.5 Å². The first kappa shape index (κ1) is 30.1. The van der Waals surface area contributed by atoms with E-state index in [1.165, 1.54) is 0 Å². The van der Waals surface area contributed by atoms with Gasteiger partial charge >= 0.3 is 6.03 Å². The van der Waals surface area contributed by atoms with Crippen LogP contribution >= 0.6 is 0 Å². The molecule has 0 radical (unpaired) electrons. The van der Waals surface area contributed by atoms with Gasteiger partial charge in [-0.05, 0) is 49.7 Å². The van der Waals surface area contributed by atoms with Crippen LogP contribution < -0.4 is 0 Å². The van der Waals surface area contributed by atoms with Gasteiger partial charge in [0.15, 0.2) is 0 Å². The predicted octanol–water partition coefficient (Wildman–Crippen LogP) is 3.77. The van der Waals surface area contributed by atoms with Gasteiger partial charge in [0.2, 0.25) is 0 Å². The molecule has 38 heavy (non-hydrogen) atoms. The summed E-state index contributed by atoms with van der Waals surface area (Å²) in [6, 6.07) is 18.4. The Bertz CT molecular complexity index is 840. The van der Waals surface area contributed by atoms with Gasteiger partial charge < -0.3 is 30.2 Å². The summed E-state index contributed by atoms with van der Waals surface area (Å²) in [5.41, 5.74) is 2.03. The number of benzene rings is 2. The predicted molar refractivity (Wildman–Crippen MR) is 150 cm³/mol. The number of unbranched alkanes of at least 4 members (excludes halogenated alkanes) is 6. The lowest BCUT2D eigenvalue weighted by Gasteiger charge is -2.36. The highest BCUT2D eigenvalue weighted by Gasteiger charge is 2.45. The standard InChI is InChI=1S/C31H46N2O5/c34-21-13-3-1-11-19-32-27(23-25-15-7-5-8-16-25)29(36)30(37)28(24-26-17-9-6-10-18-26)33(31(32)38)20-12-2-4-14-22-35/h5-10,15-18,27-30,34-37H,1-4,11-14,19-24H2/t27-,28-,29+,30+/m1/s1. The van der Waals surface area contributed by atoms with Crippen molar-refractivity contribution < 1.29 is 25.2 Å². The number of hydrogen-bond donors (Lipinski definition) is 4. The molecule has 210 valence electrons. The second-order valence-corrected chi connectivity index (χ2v) is 10.4. The number of carbonyl (C=O) groups is 1. The Morgan fingerprint density at radius 1 is 0.553 bits per heavy atom. The van der Waals surface area contributed by atoms with Crippen molar-refractivity contribution in [2.24, 2.45) is 0 Å². The largest absolute Gasteiger partial charge is 0.396 e. The highest BCUT2D eigenvalue weighted by Crippen LogP contribution is 2.28. The van der Waals surface area contributed by atoms with Crippen molar-refractivity contribution in [2.45, 2.75) is 88.5 Å². The van der Waals surface area contributed by atoms with Crippen LogP contribution in [0.2, 0.25) is 0 Å². The first-order chi connectivity index (χ1) is 18.6. The van der Waals surface area contributed by atoms with E-state index in [1.807, 2.05) is 60.7 Å². The second-order valence-electron chi connectivity index (χ2n) is 10.4. The average molecular weight is 527 g/mol. The van der Waals surface area contributed by atoms with Gasteiger partial charge in [-0.25, -0.2) is 4.79 Å². The summed E-state index contributed by atoms with van der Waals surface area (Å²) in [6.45, 7) is 1.31. The van der Waals surface area contributed by atoms with Crippen molar-refractivity contribution in [2.75, 3.05) is 26.3 Å². The maximum Gasteiger partial charge on any atom is 0.320 e. The molecule has 3 rings (SSSR count). The van der Waals surface area contributed by atoms with E-state index in [1.54, 1.807) is 9.80 Å². The zero-order valence-corrected chi connectivity index (χ0v) is 22.6. The molecule has 2 aromatic rings. The third-order valence-corrected chi connectivity index (χ3v) is 7.62. The van der Waals surface area contributed by atoms with E-state index in [4.69, 9.17) is 10.2 Å². The van der Waals surface area contributed by atoms with Gasteiger partial charge in [0, 0.05) is 26.3 Å². The maximum atomic E-state index is 14.2. The van der Waals surface area contributed by atoms with Crippen LogP contribution in [-0.2, 0) is 12.8 Å². The number of urea groups is 1. The SMILES string of the molecule is O=C1N(CCCCCCO)[C@H](Cc2ccccc2)[C@H](O)[C@@H](O)[C@@H](Cc2ccccc2)N1CCCCCCO. The number of amides is 2. The normalized spacial score (nSPS) is 22.1. The van der Waals surface area contributed by atoms with Gasteiger partial charge in [-0.1, -0.05) is 86.3 Å². The topological polar surface area (TPSA) is 104 Å². The summed E-state index contributed by atoms with van der Waals surface area (Å²) in [4.78, 5) is 17.8. The second kappa shape index (κ2) is 16.5. The van der Waals surface area contributed by atoms with Crippen LogP contribution in [-0.4, -0.2) is 86.9 Å². The van der Waals surface area contributed by atoms with E-state index in [0.717, 1.165) is 62.5 Å². The maximum absolute atomic E-state index is 14.2. The Balaban J connectivity index is 1.90. The van der Waals surface area contributed by atoms with Crippen LogP contribution in [0.5, 0.6) is 0 Å². The molecule has 1 aliphatic rings. The van der Waals surface area contributed by atoms with Crippen molar-refractivity contribution in [1.29, 1.82) is 0 Å². The van der Waals surface area contributed by atoms with Gasteiger partial charge in [0.05, 0.1) is 12.1 Å². The van der Waals surface area contributed by atoms with Gasteiger partial charge in [0.25, 0.3) is 0 Å². The van der Waals surface area contributed by atoms with E-state index in [-0.39, 0.29) is 19.2 Å². The summed E-state index contributed by atoms with van der Waals surface area (Å²) in [7, 11) is 0. The molecule has 0 bridgehead atoms. The number of nitrogens with zero attached hydrogens (tertiary/aromatic N) is 2. The molecule has 1 saturated heterocycles. The molecule has 1 fully saturated rings. The van der Waals surface area contributed by atoms with E-state index in [0.29, 0.717) is 25.9 Å². The Hall–Kier alpha value is -2.45. The fraction of sp³-hybridized carbons (Fsp3) is 0.581. The Morgan fingerprint density at radius 3 is 1.29 bits per heavy atom. The summed E-state index contributed by atoms with van der Waals surface area (Å²) in [6.07, 6.45) is 5.30. The number of rotatable bonds is 16. The van der Waals surface area contributed by atoms with E-state index in [9.17, 15) is 15.0 Å². The Morgan fingerprint density at radius 2 is 0.921 bits per heavy atom. The molecule has 0 unspecified atom stereocenters. The molecule has 7 nitrogen and oxygen atoms in total. The molecule has 0 aromatic heterocycles. The van der Waals surface area contributed by atoms with E-state index >= 15 is 0 Å². The Kier molecular flexibility index (Phi) is 13.1. The molecule has 2 amide bonds. The fourth-order valence-electron chi connectivity index (χ4n) is 5.46. The summed E-state index contributed by atoms with van der Waals surface area (Å²) in [5.74, 6) is 0. The highest BCUT2D eigenvalue weighted by molar-refractivity contribution is 5.76. The van der Waals surface area contributed by atoms with Crippen molar-refractivity contribution in [3.63, 3.8) is 0 Å². The molecule has 4 N–H and O–H groups in total. The minimum atomic E-state index is -1.09. The summed E-state index contributed by atoms with van der Waals surface area (Å²) < 4.78 is 0. The van der Waals surface area contributed by atoms with Crippen LogP contribution in [0, 0.1) is 0 Å². The lowest BCUT2D eigenvalue weighted by atomic mass is 9.91. The molecule has 1 heterocycles. The number of aliphatic hydroxyl groups is 4. The molecule has 0 spiro atoms. The van der Waals surface area contributed by atoms with E-state index in [2.05, 4.69) is 0 Å². The molecular weight excluding hydrogens is 480 g/mol. The molecule has 1 aliphatic heterocycles. The van der Waals surface area contributed by atoms with Crippen LogP contribution in [0.3, 0.4) is 0 Å². The Labute approximate surface area is 227 Å². The smallest absolute Gasteiger partial charge is 0.320 e. The van der Waals surface area contributed by atoms with Gasteiger partial charge in [0.1, 0.15) is 12.2 Å². The molecule has 2 aromatic carbocycles. The van der Waals surface area contributed by atoms with Gasteiger partial charge in [-0.2, -0.15) is 0 Å². The zero-order valence-electron chi connectivity index (χ0n) is 22.6. The minimum absolute atomic E-state index is 0.133. The van der Waals surface area contributed by atoms with Gasteiger partial charge in [-0.3, -0.25) is 0 Å². The summed E-state index contributed by atoms with van der Waals surface area (Å²) in [5, 5.41) is 41.4. The van der Waals surface area contributed by atoms with E-state index < -0.39 is 24.3 Å². The van der Waals surface area contributed by atoms with Crippen LogP contribution in [0.4, 0.5) is 4.79 Å². The zero-order chi connectivity index (χ0) is 27.2. The van der Waals surface area contributed by atoms with Crippen molar-refractivity contribution in [3.8, 4) is 0 Å². The van der Waals surface area contributed by atoms with Crippen molar-refractivity contribution >= 4 is 6.03 Å². The fourth-order valence-corrected chi connectivity index (χ4v) is 5.46. The quantitative estimate of drug-likeness (QED) is 0.249. The molecule has 0 aliphatic carbocycles. The first-order valence-electron chi connectivity index (χ1n) is 14.3. The average Bonchev–Trinajstić information content (AvgIpc) is 3.00. The molecular formula is C31H46N2O5. The number of carbonyl (C=O) groups excluding carboxylic acids is 1. The third kappa shape index (κ3) is 8.80. The monoisotopic (exact) mass is 526 g/mol. The minimum Gasteiger partial charge on any atom is -0.396 e. The van der Waals surface area contributed by atoms with Crippen molar-refractivity contribution in [3.05, 3.63) is 71.8 Å². The molecule has 7 heteroatoms.